The Morgan fingerprint density at radius 2 is 2.19 bits per heavy atom. The zero-order valence-corrected chi connectivity index (χ0v) is 12.3. The van der Waals surface area contributed by atoms with Crippen LogP contribution in [0.25, 0.3) is 0 Å². The van der Waals surface area contributed by atoms with Crippen molar-refractivity contribution in [3.63, 3.8) is 0 Å². The molecule has 2 aliphatic heterocycles. The van der Waals surface area contributed by atoms with Crippen LogP contribution in [0.4, 0.5) is 10.1 Å². The first-order chi connectivity index (χ1) is 9.96. The molecule has 2 aliphatic rings. The van der Waals surface area contributed by atoms with E-state index in [2.05, 4.69) is 10.6 Å². The van der Waals surface area contributed by atoms with Crippen LogP contribution in [-0.2, 0) is 27.6 Å². The predicted molar refractivity (Wildman–Crippen MR) is 77.2 cm³/mol. The fourth-order valence-electron chi connectivity index (χ4n) is 2.87. The molecule has 1 fully saturated rings. The number of sulfone groups is 1. The zero-order chi connectivity index (χ0) is 15.0. The maximum atomic E-state index is 14.4. The number of hydrogen-bond acceptors (Lipinski definition) is 4. The second kappa shape index (κ2) is 5.38. The van der Waals surface area contributed by atoms with E-state index in [1.165, 1.54) is 0 Å². The molecule has 1 aromatic rings. The van der Waals surface area contributed by atoms with Gasteiger partial charge in [0.25, 0.3) is 0 Å². The van der Waals surface area contributed by atoms with Crippen LogP contribution in [-0.4, -0.2) is 32.4 Å². The van der Waals surface area contributed by atoms with Gasteiger partial charge in [-0.05, 0) is 36.6 Å². The second-order valence-corrected chi connectivity index (χ2v) is 7.81. The first kappa shape index (κ1) is 14.5. The Morgan fingerprint density at radius 1 is 1.38 bits per heavy atom. The maximum Gasteiger partial charge on any atom is 0.228 e. The number of carbonyl (C=O) groups excluding carboxylic acids is 1. The third-order valence-electron chi connectivity index (χ3n) is 4.07. The molecule has 0 saturated carbocycles. The van der Waals surface area contributed by atoms with E-state index in [-0.39, 0.29) is 17.2 Å². The number of benzene rings is 1. The number of carbonyl (C=O) groups is 1. The largest absolute Gasteiger partial charge is 0.323 e. The molecule has 2 heterocycles. The SMILES string of the molecule is O=C(Nc1ccc2c(c1F)CCNC2)C1CCS(=O)(=O)C1. The molecule has 1 aromatic carbocycles. The minimum atomic E-state index is -3.12. The van der Waals surface area contributed by atoms with Gasteiger partial charge in [-0.15, -0.1) is 0 Å². The van der Waals surface area contributed by atoms with Crippen LogP contribution >= 0.6 is 0 Å². The van der Waals surface area contributed by atoms with Crippen molar-refractivity contribution in [3.8, 4) is 0 Å². The Hall–Kier alpha value is -1.47. The van der Waals surface area contributed by atoms with Gasteiger partial charge < -0.3 is 10.6 Å². The van der Waals surface area contributed by atoms with Gasteiger partial charge in [0.15, 0.2) is 9.84 Å². The van der Waals surface area contributed by atoms with E-state index in [0.717, 1.165) is 5.56 Å². The molecular weight excluding hydrogens is 295 g/mol. The second-order valence-electron chi connectivity index (χ2n) is 5.58. The van der Waals surface area contributed by atoms with E-state index in [1.807, 2.05) is 0 Å². The van der Waals surface area contributed by atoms with Crippen molar-refractivity contribution in [3.05, 3.63) is 29.1 Å². The number of rotatable bonds is 2. The highest BCUT2D eigenvalue weighted by Gasteiger charge is 2.33. The average Bonchev–Trinajstić information content (AvgIpc) is 2.82. The summed E-state index contributed by atoms with van der Waals surface area (Å²) in [5.74, 6) is -1.50. The van der Waals surface area contributed by atoms with Crippen molar-refractivity contribution in [2.75, 3.05) is 23.4 Å². The van der Waals surface area contributed by atoms with Gasteiger partial charge in [-0.1, -0.05) is 6.07 Å². The molecule has 5 nitrogen and oxygen atoms in total. The molecule has 0 radical (unpaired) electrons. The Morgan fingerprint density at radius 3 is 2.90 bits per heavy atom. The van der Waals surface area contributed by atoms with Gasteiger partial charge in [-0.25, -0.2) is 12.8 Å². The molecule has 0 spiro atoms. The van der Waals surface area contributed by atoms with E-state index in [4.69, 9.17) is 0 Å². The summed E-state index contributed by atoms with van der Waals surface area (Å²) >= 11 is 0. The third-order valence-corrected chi connectivity index (χ3v) is 5.84. The normalized spacial score (nSPS) is 23.6. The summed E-state index contributed by atoms with van der Waals surface area (Å²) in [6.07, 6.45) is 0.896. The van der Waals surface area contributed by atoms with Gasteiger partial charge in [0.1, 0.15) is 5.82 Å². The molecular formula is C14H17FN2O3S. The van der Waals surface area contributed by atoms with E-state index in [1.54, 1.807) is 12.1 Å². The summed E-state index contributed by atoms with van der Waals surface area (Å²) in [6, 6.07) is 3.34. The summed E-state index contributed by atoms with van der Waals surface area (Å²) in [4.78, 5) is 12.1. The third kappa shape index (κ3) is 2.94. The van der Waals surface area contributed by atoms with Crippen LogP contribution < -0.4 is 10.6 Å². The van der Waals surface area contributed by atoms with E-state index in [9.17, 15) is 17.6 Å². The Balaban J connectivity index is 1.78. The Labute approximate surface area is 122 Å². The molecule has 1 atom stereocenters. The van der Waals surface area contributed by atoms with Gasteiger partial charge in [-0.3, -0.25) is 4.79 Å². The Bertz CT molecular complexity index is 688. The fraction of sp³-hybridized carbons (Fsp3) is 0.500. The van der Waals surface area contributed by atoms with Gasteiger partial charge in [0.2, 0.25) is 5.91 Å². The molecule has 114 valence electrons. The molecule has 2 N–H and O–H groups in total. The summed E-state index contributed by atoms with van der Waals surface area (Å²) in [6.45, 7) is 1.34. The summed E-state index contributed by atoms with van der Waals surface area (Å²) in [5.41, 5.74) is 1.68. The highest BCUT2D eigenvalue weighted by Crippen LogP contribution is 2.26. The summed E-state index contributed by atoms with van der Waals surface area (Å²) < 4.78 is 37.2. The van der Waals surface area contributed by atoms with Crippen LogP contribution in [0.3, 0.4) is 0 Å². The van der Waals surface area contributed by atoms with Crippen molar-refractivity contribution < 1.29 is 17.6 Å². The zero-order valence-electron chi connectivity index (χ0n) is 11.5. The summed E-state index contributed by atoms with van der Waals surface area (Å²) in [7, 11) is -3.12. The molecule has 0 bridgehead atoms. The molecule has 1 unspecified atom stereocenters. The quantitative estimate of drug-likeness (QED) is 0.849. The van der Waals surface area contributed by atoms with Crippen LogP contribution in [0.15, 0.2) is 12.1 Å². The lowest BCUT2D eigenvalue weighted by Crippen LogP contribution is -2.27. The predicted octanol–water partition coefficient (Wildman–Crippen LogP) is 0.845. The van der Waals surface area contributed by atoms with E-state index in [0.29, 0.717) is 31.5 Å². The van der Waals surface area contributed by atoms with Gasteiger partial charge in [-0.2, -0.15) is 0 Å². The molecule has 1 saturated heterocycles. The topological polar surface area (TPSA) is 75.3 Å². The first-order valence-corrected chi connectivity index (χ1v) is 8.81. The maximum absolute atomic E-state index is 14.4. The van der Waals surface area contributed by atoms with Gasteiger partial charge >= 0.3 is 0 Å². The molecule has 1 amide bonds. The van der Waals surface area contributed by atoms with Crippen molar-refractivity contribution in [1.82, 2.24) is 5.32 Å². The number of amides is 1. The molecule has 3 rings (SSSR count). The highest BCUT2D eigenvalue weighted by molar-refractivity contribution is 7.91. The molecule has 0 aliphatic carbocycles. The first-order valence-electron chi connectivity index (χ1n) is 6.98. The number of halogens is 1. The number of hydrogen-bond donors (Lipinski definition) is 2. The molecule has 21 heavy (non-hydrogen) atoms. The lowest BCUT2D eigenvalue weighted by molar-refractivity contribution is -0.119. The van der Waals surface area contributed by atoms with Crippen molar-refractivity contribution >= 4 is 21.4 Å². The molecule has 0 aromatic heterocycles. The smallest absolute Gasteiger partial charge is 0.228 e. The lowest BCUT2D eigenvalue weighted by Gasteiger charge is -2.20. The fourth-order valence-corrected chi connectivity index (χ4v) is 4.61. The number of fused-ring (bicyclic) bond motifs is 1. The van der Waals surface area contributed by atoms with Gasteiger partial charge in [0.05, 0.1) is 23.1 Å². The monoisotopic (exact) mass is 312 g/mol. The standard InChI is InChI=1S/C14H17FN2O3S/c15-13-11-3-5-16-7-9(11)1-2-12(13)17-14(18)10-4-6-21(19,20)8-10/h1-2,10,16H,3-8H2,(H,17,18). The average molecular weight is 312 g/mol. The van der Waals surface area contributed by atoms with Crippen molar-refractivity contribution in [2.24, 2.45) is 5.92 Å². The lowest BCUT2D eigenvalue weighted by atomic mass is 9.99. The summed E-state index contributed by atoms with van der Waals surface area (Å²) in [5, 5.41) is 5.70. The minimum absolute atomic E-state index is 0.0312. The van der Waals surface area contributed by atoms with Crippen LogP contribution in [0.2, 0.25) is 0 Å². The minimum Gasteiger partial charge on any atom is -0.323 e. The van der Waals surface area contributed by atoms with E-state index >= 15 is 0 Å². The highest BCUT2D eigenvalue weighted by atomic mass is 32.2. The Kier molecular flexibility index (Phi) is 3.71. The van der Waals surface area contributed by atoms with Gasteiger partial charge in [0, 0.05) is 6.54 Å². The van der Waals surface area contributed by atoms with Crippen LogP contribution in [0.1, 0.15) is 17.5 Å². The van der Waals surface area contributed by atoms with E-state index < -0.39 is 27.5 Å². The van der Waals surface area contributed by atoms with Crippen molar-refractivity contribution in [2.45, 2.75) is 19.4 Å². The molecule has 7 heteroatoms. The number of nitrogens with one attached hydrogen (secondary N) is 2. The number of anilines is 1. The van der Waals surface area contributed by atoms with Crippen LogP contribution in [0.5, 0.6) is 0 Å². The van der Waals surface area contributed by atoms with Crippen molar-refractivity contribution in [1.29, 1.82) is 0 Å². The van der Waals surface area contributed by atoms with Crippen LogP contribution in [0, 0.1) is 11.7 Å².